The van der Waals surface area contributed by atoms with Crippen molar-refractivity contribution in [3.8, 4) is 5.75 Å². The van der Waals surface area contributed by atoms with Gasteiger partial charge < -0.3 is 9.64 Å². The van der Waals surface area contributed by atoms with Crippen LogP contribution in [0.25, 0.3) is 0 Å². The summed E-state index contributed by atoms with van der Waals surface area (Å²) >= 11 is 5.79. The largest absolute Gasteiger partial charge is 0.496 e. The lowest BCUT2D eigenvalue weighted by Crippen LogP contribution is -2.30. The van der Waals surface area contributed by atoms with Crippen molar-refractivity contribution in [2.75, 3.05) is 14.2 Å². The smallest absolute Gasteiger partial charge is 0.288 e. The average molecular weight is 349 g/mol. The Labute approximate surface area is 144 Å². The van der Waals surface area contributed by atoms with Gasteiger partial charge in [0.05, 0.1) is 18.1 Å². The lowest BCUT2D eigenvalue weighted by Gasteiger charge is -2.26. The first-order valence-corrected chi connectivity index (χ1v) is 7.58. The van der Waals surface area contributed by atoms with E-state index in [9.17, 15) is 14.9 Å². The van der Waals surface area contributed by atoms with Crippen molar-refractivity contribution in [3.05, 3.63) is 68.7 Å². The number of benzene rings is 2. The highest BCUT2D eigenvalue weighted by Gasteiger charge is 2.23. The predicted molar refractivity (Wildman–Crippen MR) is 91.6 cm³/mol. The van der Waals surface area contributed by atoms with E-state index >= 15 is 0 Å². The number of hydrogen-bond acceptors (Lipinski definition) is 4. The van der Waals surface area contributed by atoms with Crippen LogP contribution in [-0.4, -0.2) is 29.9 Å². The maximum atomic E-state index is 12.7. The highest BCUT2D eigenvalue weighted by molar-refractivity contribution is 6.32. The molecular weight excluding hydrogens is 332 g/mol. The molecule has 1 amide bonds. The maximum Gasteiger partial charge on any atom is 0.288 e. The summed E-state index contributed by atoms with van der Waals surface area (Å²) in [5, 5.41) is 11.0. The molecule has 0 spiro atoms. The molecule has 0 aliphatic carbocycles. The summed E-state index contributed by atoms with van der Waals surface area (Å²) in [6, 6.07) is 11.1. The van der Waals surface area contributed by atoms with Gasteiger partial charge in [0.15, 0.2) is 0 Å². The molecule has 2 rings (SSSR count). The number of amides is 1. The Morgan fingerprint density at radius 1 is 1.29 bits per heavy atom. The lowest BCUT2D eigenvalue weighted by molar-refractivity contribution is -0.384. The summed E-state index contributed by atoms with van der Waals surface area (Å²) in [4.78, 5) is 24.5. The second-order valence-electron chi connectivity index (χ2n) is 5.26. The number of rotatable bonds is 5. The lowest BCUT2D eigenvalue weighted by atomic mass is 10.0. The van der Waals surface area contributed by atoms with Crippen LogP contribution in [0.1, 0.15) is 28.9 Å². The van der Waals surface area contributed by atoms with Gasteiger partial charge >= 0.3 is 0 Å². The number of ether oxygens (including phenoxy) is 1. The summed E-state index contributed by atoms with van der Waals surface area (Å²) in [7, 11) is 3.20. The number of nitro benzene ring substituents is 1. The number of hydrogen-bond donors (Lipinski definition) is 0. The fourth-order valence-electron chi connectivity index (χ4n) is 2.39. The molecule has 0 saturated carbocycles. The van der Waals surface area contributed by atoms with E-state index < -0.39 is 4.92 Å². The van der Waals surface area contributed by atoms with Gasteiger partial charge in [-0.05, 0) is 25.1 Å². The summed E-state index contributed by atoms with van der Waals surface area (Å²) in [5.74, 6) is 0.333. The first-order valence-electron chi connectivity index (χ1n) is 7.20. The molecule has 0 aliphatic heterocycles. The Kier molecular flexibility index (Phi) is 5.41. The number of para-hydroxylation sites is 1. The van der Waals surface area contributed by atoms with Gasteiger partial charge in [-0.3, -0.25) is 14.9 Å². The molecule has 2 aromatic carbocycles. The number of carbonyl (C=O) groups is 1. The normalized spacial score (nSPS) is 11.7. The maximum absolute atomic E-state index is 12.7. The van der Waals surface area contributed by atoms with Crippen molar-refractivity contribution >= 4 is 23.2 Å². The summed E-state index contributed by atoms with van der Waals surface area (Å²) in [5.41, 5.74) is 0.760. The molecule has 0 aliphatic rings. The van der Waals surface area contributed by atoms with Gasteiger partial charge in [0.1, 0.15) is 10.8 Å². The van der Waals surface area contributed by atoms with Crippen molar-refractivity contribution in [2.45, 2.75) is 13.0 Å². The quantitative estimate of drug-likeness (QED) is 0.602. The predicted octanol–water partition coefficient (Wildman–Crippen LogP) is 4.09. The summed E-state index contributed by atoms with van der Waals surface area (Å²) < 4.78 is 5.32. The number of methoxy groups -OCH3 is 1. The minimum absolute atomic E-state index is 0.00280. The van der Waals surface area contributed by atoms with Crippen LogP contribution in [0, 0.1) is 10.1 Å². The number of nitrogens with zero attached hydrogens (tertiary/aromatic N) is 2. The second-order valence-corrected chi connectivity index (χ2v) is 5.66. The van der Waals surface area contributed by atoms with E-state index in [2.05, 4.69) is 0 Å². The molecule has 6 nitrogen and oxygen atoms in total. The van der Waals surface area contributed by atoms with Crippen LogP contribution in [-0.2, 0) is 0 Å². The zero-order valence-electron chi connectivity index (χ0n) is 13.5. The van der Waals surface area contributed by atoms with Crippen LogP contribution in [0.4, 0.5) is 5.69 Å². The van der Waals surface area contributed by atoms with E-state index in [1.807, 2.05) is 31.2 Å². The van der Waals surface area contributed by atoms with Crippen LogP contribution in [0.5, 0.6) is 5.75 Å². The fourth-order valence-corrected chi connectivity index (χ4v) is 2.57. The molecule has 126 valence electrons. The molecule has 0 N–H and O–H groups in total. The van der Waals surface area contributed by atoms with E-state index in [4.69, 9.17) is 16.3 Å². The Balaban J connectivity index is 2.32. The van der Waals surface area contributed by atoms with Crippen molar-refractivity contribution in [1.29, 1.82) is 0 Å². The third-order valence-electron chi connectivity index (χ3n) is 3.88. The van der Waals surface area contributed by atoms with E-state index in [1.54, 1.807) is 14.2 Å². The van der Waals surface area contributed by atoms with Crippen molar-refractivity contribution in [1.82, 2.24) is 4.90 Å². The van der Waals surface area contributed by atoms with Gasteiger partial charge in [0.2, 0.25) is 0 Å². The summed E-state index contributed by atoms with van der Waals surface area (Å²) in [6.07, 6.45) is 0. The highest BCUT2D eigenvalue weighted by atomic mass is 35.5. The molecule has 0 bridgehead atoms. The molecule has 0 aromatic heterocycles. The Bertz CT molecular complexity index is 779. The molecule has 7 heteroatoms. The molecule has 0 radical (unpaired) electrons. The molecule has 24 heavy (non-hydrogen) atoms. The van der Waals surface area contributed by atoms with E-state index in [-0.39, 0.29) is 28.2 Å². The number of carbonyl (C=O) groups excluding carboxylic acids is 1. The van der Waals surface area contributed by atoms with Crippen molar-refractivity contribution in [3.63, 3.8) is 0 Å². The first-order chi connectivity index (χ1) is 11.4. The van der Waals surface area contributed by atoms with Crippen LogP contribution >= 0.6 is 11.6 Å². The second kappa shape index (κ2) is 7.31. The van der Waals surface area contributed by atoms with Crippen molar-refractivity contribution < 1.29 is 14.5 Å². The monoisotopic (exact) mass is 348 g/mol. The third-order valence-corrected chi connectivity index (χ3v) is 4.20. The SMILES string of the molecule is COc1ccccc1C(C)N(C)C(=O)c1ccc(Cl)c([N+](=O)[O-])c1. The summed E-state index contributed by atoms with van der Waals surface area (Å²) in [6.45, 7) is 1.86. The highest BCUT2D eigenvalue weighted by Crippen LogP contribution is 2.30. The topological polar surface area (TPSA) is 72.7 Å². The van der Waals surface area contributed by atoms with Crippen LogP contribution in [0.2, 0.25) is 5.02 Å². The van der Waals surface area contributed by atoms with Crippen molar-refractivity contribution in [2.24, 2.45) is 0 Å². The average Bonchev–Trinajstić information content (AvgIpc) is 2.59. The molecule has 1 unspecified atom stereocenters. The van der Waals surface area contributed by atoms with E-state index in [0.717, 1.165) is 5.56 Å². The molecule has 0 saturated heterocycles. The van der Waals surface area contributed by atoms with Gasteiger partial charge in [0.25, 0.3) is 11.6 Å². The third kappa shape index (κ3) is 3.49. The van der Waals surface area contributed by atoms with Crippen LogP contribution in [0.15, 0.2) is 42.5 Å². The van der Waals surface area contributed by atoms with Gasteiger partial charge in [-0.1, -0.05) is 29.8 Å². The van der Waals surface area contributed by atoms with E-state index in [0.29, 0.717) is 5.75 Å². The zero-order valence-corrected chi connectivity index (χ0v) is 14.3. The molecule has 0 heterocycles. The van der Waals surface area contributed by atoms with Crippen LogP contribution in [0.3, 0.4) is 0 Å². The number of nitro groups is 1. The van der Waals surface area contributed by atoms with Gasteiger partial charge in [-0.15, -0.1) is 0 Å². The molecule has 0 fully saturated rings. The first kappa shape index (κ1) is 17.7. The van der Waals surface area contributed by atoms with E-state index in [1.165, 1.54) is 23.1 Å². The Morgan fingerprint density at radius 3 is 2.58 bits per heavy atom. The minimum Gasteiger partial charge on any atom is -0.496 e. The Morgan fingerprint density at radius 2 is 1.96 bits per heavy atom. The number of halogens is 1. The Hall–Kier alpha value is -2.60. The standard InChI is InChI=1S/C17H17ClN2O4/c1-11(13-6-4-5-7-16(13)24-3)19(2)17(21)12-8-9-14(18)15(10-12)20(22)23/h4-11H,1-3H3. The minimum atomic E-state index is -0.608. The molecule has 1 atom stereocenters. The zero-order chi connectivity index (χ0) is 17.9. The fraction of sp³-hybridized carbons (Fsp3) is 0.235. The van der Waals surface area contributed by atoms with Gasteiger partial charge in [-0.25, -0.2) is 0 Å². The van der Waals surface area contributed by atoms with Crippen LogP contribution < -0.4 is 4.74 Å². The van der Waals surface area contributed by atoms with Gasteiger partial charge in [0, 0.05) is 24.2 Å². The molecular formula is C17H17ClN2O4. The molecule has 2 aromatic rings. The van der Waals surface area contributed by atoms with Gasteiger partial charge in [-0.2, -0.15) is 0 Å².